The van der Waals surface area contributed by atoms with Crippen molar-refractivity contribution in [2.75, 3.05) is 19.5 Å². The highest BCUT2D eigenvalue weighted by Crippen LogP contribution is 2.29. The first-order valence-electron chi connectivity index (χ1n) is 13.0. The highest BCUT2D eigenvalue weighted by molar-refractivity contribution is 7.91. The molecule has 1 aliphatic heterocycles. The van der Waals surface area contributed by atoms with Gasteiger partial charge in [0.2, 0.25) is 0 Å². The third kappa shape index (κ3) is 7.26. The van der Waals surface area contributed by atoms with Crippen molar-refractivity contribution in [2.45, 2.75) is 64.7 Å². The van der Waals surface area contributed by atoms with E-state index in [0.717, 1.165) is 24.0 Å². The minimum atomic E-state index is -3.56. The monoisotopic (exact) mass is 556 g/mol. The molecule has 0 fully saturated rings. The van der Waals surface area contributed by atoms with Crippen molar-refractivity contribution >= 4 is 33.8 Å². The largest absolute Gasteiger partial charge is 0.469 e. The van der Waals surface area contributed by atoms with Crippen molar-refractivity contribution in [2.24, 2.45) is 0 Å². The number of unbranched alkanes of at least 4 members (excludes halogenated alkanes) is 1. The molecule has 1 aliphatic rings. The van der Waals surface area contributed by atoms with Gasteiger partial charge >= 0.3 is 11.9 Å². The standard InChI is InChI=1S/C29H36N2O7S/c1-6-7-15-38-29(34)27-22(12-13-26(32)37-5)19(3)24(30-27)17-25-20(4)23(28(33)31-25)14-16-39(35,36)21-10-8-18(2)9-11-21/h8-11,17,30H,6-7,12-16H2,1-5H3,(H,31,33)/b25-17-. The number of sulfone groups is 1. The lowest BCUT2D eigenvalue weighted by Gasteiger charge is -2.06. The summed E-state index contributed by atoms with van der Waals surface area (Å²) in [6.07, 6.45) is 3.76. The lowest BCUT2D eigenvalue weighted by molar-refractivity contribution is -0.140. The van der Waals surface area contributed by atoms with E-state index in [1.54, 1.807) is 37.3 Å². The van der Waals surface area contributed by atoms with Gasteiger partial charge < -0.3 is 19.8 Å². The molecule has 1 amide bonds. The Kier molecular flexibility index (Phi) is 9.91. The summed E-state index contributed by atoms with van der Waals surface area (Å²) in [5.41, 5.74) is 4.73. The second-order valence-electron chi connectivity index (χ2n) is 9.58. The summed E-state index contributed by atoms with van der Waals surface area (Å²) in [5.74, 6) is -1.46. The van der Waals surface area contributed by atoms with E-state index >= 15 is 0 Å². The Bertz CT molecular complexity index is 1410. The maximum atomic E-state index is 12.8. The number of benzene rings is 1. The maximum Gasteiger partial charge on any atom is 0.355 e. The maximum absolute atomic E-state index is 12.8. The third-order valence-corrected chi connectivity index (χ3v) is 8.56. The van der Waals surface area contributed by atoms with Crippen LogP contribution in [0.5, 0.6) is 0 Å². The van der Waals surface area contributed by atoms with Crippen molar-refractivity contribution in [1.29, 1.82) is 0 Å². The van der Waals surface area contributed by atoms with Gasteiger partial charge in [-0.1, -0.05) is 31.0 Å². The number of ether oxygens (including phenoxy) is 2. The summed E-state index contributed by atoms with van der Waals surface area (Å²) < 4.78 is 35.8. The molecule has 210 valence electrons. The van der Waals surface area contributed by atoms with Gasteiger partial charge in [0.1, 0.15) is 5.69 Å². The Morgan fingerprint density at radius 3 is 2.38 bits per heavy atom. The SMILES string of the molecule is CCCCOC(=O)c1[nH]c(/C=C2\NC(=O)C(CCS(=O)(=O)c3ccc(C)cc3)=C2C)c(C)c1CCC(=O)OC. The lowest BCUT2D eigenvalue weighted by Crippen LogP contribution is -2.18. The fourth-order valence-electron chi connectivity index (χ4n) is 4.31. The Hall–Kier alpha value is -3.66. The van der Waals surface area contributed by atoms with Crippen LogP contribution >= 0.6 is 0 Å². The number of esters is 2. The van der Waals surface area contributed by atoms with Gasteiger partial charge in [0.05, 0.1) is 24.4 Å². The van der Waals surface area contributed by atoms with Crippen LogP contribution in [0.25, 0.3) is 6.08 Å². The molecule has 9 nitrogen and oxygen atoms in total. The summed E-state index contributed by atoms with van der Waals surface area (Å²) in [7, 11) is -2.25. The number of aryl methyl sites for hydroxylation is 1. The molecule has 39 heavy (non-hydrogen) atoms. The summed E-state index contributed by atoms with van der Waals surface area (Å²) >= 11 is 0. The molecular formula is C29H36N2O7S. The number of hydrogen-bond donors (Lipinski definition) is 2. The molecule has 0 bridgehead atoms. The summed E-state index contributed by atoms with van der Waals surface area (Å²) in [6.45, 7) is 7.74. The molecule has 2 aromatic rings. The molecular weight excluding hydrogens is 520 g/mol. The topological polar surface area (TPSA) is 132 Å². The van der Waals surface area contributed by atoms with Crippen LogP contribution in [0.4, 0.5) is 0 Å². The van der Waals surface area contributed by atoms with E-state index in [4.69, 9.17) is 9.47 Å². The quantitative estimate of drug-likeness (QED) is 0.294. The minimum Gasteiger partial charge on any atom is -0.469 e. The fourth-order valence-corrected chi connectivity index (χ4v) is 5.57. The first-order chi connectivity index (χ1) is 18.5. The number of carbonyl (C=O) groups excluding carboxylic acids is 3. The van der Waals surface area contributed by atoms with Gasteiger partial charge in [-0.3, -0.25) is 9.59 Å². The van der Waals surface area contributed by atoms with Crippen molar-refractivity contribution < 1.29 is 32.3 Å². The Labute approximate surface area is 229 Å². The van der Waals surface area contributed by atoms with E-state index in [-0.39, 0.29) is 48.1 Å². The number of hydrogen-bond acceptors (Lipinski definition) is 7. The number of rotatable bonds is 12. The fraction of sp³-hybridized carbons (Fsp3) is 0.414. The molecule has 0 saturated heterocycles. The van der Waals surface area contributed by atoms with E-state index in [2.05, 4.69) is 10.3 Å². The second-order valence-corrected chi connectivity index (χ2v) is 11.7. The van der Waals surface area contributed by atoms with Crippen molar-refractivity contribution in [3.8, 4) is 0 Å². The summed E-state index contributed by atoms with van der Waals surface area (Å²) in [4.78, 5) is 40.7. The van der Waals surface area contributed by atoms with E-state index < -0.39 is 21.8 Å². The Balaban J connectivity index is 1.88. The van der Waals surface area contributed by atoms with Crippen LogP contribution < -0.4 is 5.32 Å². The second kappa shape index (κ2) is 12.9. The first-order valence-corrected chi connectivity index (χ1v) is 14.6. The number of methoxy groups -OCH3 is 1. The molecule has 0 atom stereocenters. The van der Waals surface area contributed by atoms with Crippen molar-refractivity contribution in [3.05, 3.63) is 69.2 Å². The van der Waals surface area contributed by atoms with E-state index in [0.29, 0.717) is 28.1 Å². The molecule has 0 aliphatic carbocycles. The normalized spacial score (nSPS) is 14.6. The number of amides is 1. The van der Waals surface area contributed by atoms with Gasteiger partial charge in [-0.05, 0) is 74.9 Å². The predicted octanol–water partition coefficient (Wildman–Crippen LogP) is 4.35. The van der Waals surface area contributed by atoms with Crippen molar-refractivity contribution in [3.63, 3.8) is 0 Å². The van der Waals surface area contributed by atoms with Crippen LogP contribution in [0.3, 0.4) is 0 Å². The van der Waals surface area contributed by atoms with Crippen LogP contribution in [-0.2, 0) is 35.3 Å². The van der Waals surface area contributed by atoms with Crippen molar-refractivity contribution in [1.82, 2.24) is 10.3 Å². The van der Waals surface area contributed by atoms with E-state index in [9.17, 15) is 22.8 Å². The molecule has 2 N–H and O–H groups in total. The van der Waals surface area contributed by atoms with Crippen LogP contribution in [0.2, 0.25) is 0 Å². The zero-order chi connectivity index (χ0) is 28.7. The molecule has 0 radical (unpaired) electrons. The number of aromatic amines is 1. The lowest BCUT2D eigenvalue weighted by atomic mass is 10.0. The summed E-state index contributed by atoms with van der Waals surface area (Å²) in [6, 6.07) is 6.63. The van der Waals surface area contributed by atoms with Crippen LogP contribution in [0, 0.1) is 13.8 Å². The molecule has 0 spiro atoms. The Morgan fingerprint density at radius 2 is 1.74 bits per heavy atom. The van der Waals surface area contributed by atoms with Crippen LogP contribution in [0.1, 0.15) is 72.4 Å². The molecule has 10 heteroatoms. The smallest absolute Gasteiger partial charge is 0.355 e. The Morgan fingerprint density at radius 1 is 1.05 bits per heavy atom. The molecule has 1 aromatic carbocycles. The zero-order valence-corrected chi connectivity index (χ0v) is 23.9. The number of aromatic nitrogens is 1. The molecule has 3 rings (SSSR count). The molecule has 0 unspecified atom stereocenters. The number of nitrogens with one attached hydrogen (secondary N) is 2. The minimum absolute atomic E-state index is 0.0638. The van der Waals surface area contributed by atoms with Gasteiger partial charge in [0, 0.05) is 23.4 Å². The number of H-pyrrole nitrogens is 1. The number of carbonyl (C=O) groups is 3. The van der Waals surface area contributed by atoms with Crippen LogP contribution in [0.15, 0.2) is 46.0 Å². The average Bonchev–Trinajstić information content (AvgIpc) is 3.36. The van der Waals surface area contributed by atoms with Gasteiger partial charge in [-0.2, -0.15) is 0 Å². The highest BCUT2D eigenvalue weighted by Gasteiger charge is 2.27. The first kappa shape index (κ1) is 29.9. The predicted molar refractivity (Wildman–Crippen MR) is 148 cm³/mol. The summed E-state index contributed by atoms with van der Waals surface area (Å²) in [5, 5.41) is 2.82. The molecule has 0 saturated carbocycles. The van der Waals surface area contributed by atoms with E-state index in [1.165, 1.54) is 7.11 Å². The highest BCUT2D eigenvalue weighted by atomic mass is 32.2. The molecule has 1 aromatic heterocycles. The van der Waals surface area contributed by atoms with Gasteiger partial charge in [-0.15, -0.1) is 0 Å². The zero-order valence-electron chi connectivity index (χ0n) is 23.1. The van der Waals surface area contributed by atoms with E-state index in [1.807, 2.05) is 20.8 Å². The third-order valence-electron chi connectivity index (χ3n) is 6.83. The van der Waals surface area contributed by atoms with Gasteiger partial charge in [0.25, 0.3) is 5.91 Å². The van der Waals surface area contributed by atoms with Gasteiger partial charge in [0.15, 0.2) is 9.84 Å². The average molecular weight is 557 g/mol. The molecule has 2 heterocycles. The number of allylic oxidation sites excluding steroid dienone is 1. The van der Waals surface area contributed by atoms with Crippen LogP contribution in [-0.4, -0.2) is 50.7 Å². The van der Waals surface area contributed by atoms with Gasteiger partial charge in [-0.25, -0.2) is 13.2 Å².